The van der Waals surface area contributed by atoms with Crippen LogP contribution in [0.15, 0.2) is 0 Å². The summed E-state index contributed by atoms with van der Waals surface area (Å²) in [6.45, 7) is 3.48. The van der Waals surface area contributed by atoms with Crippen LogP contribution in [0.3, 0.4) is 0 Å². The lowest BCUT2D eigenvalue weighted by molar-refractivity contribution is -0.145. The summed E-state index contributed by atoms with van der Waals surface area (Å²) in [5.74, 6) is -0.268. The smallest absolute Gasteiger partial charge is 0.302 e. The van der Waals surface area contributed by atoms with Gasteiger partial charge in [0.2, 0.25) is 0 Å². The molecular weight excluding hydrogens is 118 g/mol. The van der Waals surface area contributed by atoms with Crippen molar-refractivity contribution < 1.29 is 9.53 Å². The number of ether oxygens (including phenoxy) is 1. The van der Waals surface area contributed by atoms with Gasteiger partial charge in [0.1, 0.15) is 6.10 Å². The third-order valence-corrected chi connectivity index (χ3v) is 0.918. The largest absolute Gasteiger partial charge is 0.463 e. The average Bonchev–Trinajstić information content (AvgIpc) is 1.63. The van der Waals surface area contributed by atoms with Gasteiger partial charge in [-0.3, -0.25) is 10.5 Å². The molecule has 3 heteroatoms. The molecule has 0 fully saturated rings. The summed E-state index contributed by atoms with van der Waals surface area (Å²) in [4.78, 5) is 10.2. The van der Waals surface area contributed by atoms with Gasteiger partial charge in [-0.1, -0.05) is 0 Å². The summed E-state index contributed by atoms with van der Waals surface area (Å²) in [5.41, 5.74) is 6.79. The first kappa shape index (κ1) is 8.43. The van der Waals surface area contributed by atoms with Crippen molar-refractivity contribution in [2.45, 2.75) is 26.4 Å². The Labute approximate surface area is 55.2 Å². The predicted octanol–water partition coefficient (Wildman–Crippen LogP) is 0.611. The zero-order chi connectivity index (χ0) is 7.28. The maximum absolute atomic E-state index is 10.2. The Hall–Kier alpha value is -0.570. The number of nitrogens with one attached hydrogen (secondary N) is 1. The highest BCUT2D eigenvalue weighted by atomic mass is 16.5. The van der Waals surface area contributed by atoms with E-state index >= 15 is 0 Å². The number of hydrogen-bond acceptors (Lipinski definition) is 2. The highest BCUT2D eigenvalue weighted by Crippen LogP contribution is 1.94. The molecule has 0 amide bonds. The summed E-state index contributed by atoms with van der Waals surface area (Å²) in [6.07, 6.45) is 0.527. The standard InChI is InChI=1S/C6H12NO2/c1-5(3-4-7)9-6(2)8/h5,7H,3-4H2,1-2H3. The van der Waals surface area contributed by atoms with E-state index in [0.717, 1.165) is 0 Å². The van der Waals surface area contributed by atoms with Crippen LogP contribution in [0.4, 0.5) is 0 Å². The van der Waals surface area contributed by atoms with Gasteiger partial charge >= 0.3 is 5.97 Å². The van der Waals surface area contributed by atoms with Crippen molar-refractivity contribution in [3.05, 3.63) is 0 Å². The Morgan fingerprint density at radius 3 is 2.67 bits per heavy atom. The second-order valence-electron chi connectivity index (χ2n) is 1.96. The van der Waals surface area contributed by atoms with E-state index in [9.17, 15) is 4.79 Å². The molecule has 53 valence electrons. The van der Waals surface area contributed by atoms with Crippen LogP contribution < -0.4 is 5.73 Å². The molecule has 9 heavy (non-hydrogen) atoms. The first-order valence-corrected chi connectivity index (χ1v) is 2.98. The van der Waals surface area contributed by atoms with Gasteiger partial charge in [-0.2, -0.15) is 0 Å². The molecule has 0 aliphatic carbocycles. The fourth-order valence-corrected chi connectivity index (χ4v) is 0.546. The van der Waals surface area contributed by atoms with Gasteiger partial charge in [0, 0.05) is 13.5 Å². The molecule has 0 saturated heterocycles. The number of carbonyl (C=O) groups is 1. The zero-order valence-corrected chi connectivity index (χ0v) is 5.81. The maximum Gasteiger partial charge on any atom is 0.302 e. The molecule has 0 heterocycles. The Morgan fingerprint density at radius 2 is 2.33 bits per heavy atom. The molecule has 1 unspecified atom stereocenters. The van der Waals surface area contributed by atoms with E-state index in [1.54, 1.807) is 6.92 Å². The third kappa shape index (κ3) is 5.30. The number of rotatable bonds is 3. The van der Waals surface area contributed by atoms with Crippen LogP contribution in [-0.2, 0) is 9.53 Å². The summed E-state index contributed by atoms with van der Waals surface area (Å²) in [5, 5.41) is 0. The molecule has 1 radical (unpaired) electrons. The van der Waals surface area contributed by atoms with E-state index in [4.69, 9.17) is 10.5 Å². The Balaban J connectivity index is 3.26. The van der Waals surface area contributed by atoms with E-state index in [0.29, 0.717) is 13.0 Å². The fourth-order valence-electron chi connectivity index (χ4n) is 0.546. The van der Waals surface area contributed by atoms with E-state index in [-0.39, 0.29) is 12.1 Å². The van der Waals surface area contributed by atoms with Crippen LogP contribution in [0.2, 0.25) is 0 Å². The van der Waals surface area contributed by atoms with Gasteiger partial charge in [0.05, 0.1) is 0 Å². The van der Waals surface area contributed by atoms with Crippen molar-refractivity contribution in [1.29, 1.82) is 0 Å². The highest BCUT2D eigenvalue weighted by molar-refractivity contribution is 5.66. The predicted molar refractivity (Wildman–Crippen MR) is 33.8 cm³/mol. The number of hydrogen-bond donors (Lipinski definition) is 0. The lowest BCUT2D eigenvalue weighted by Crippen LogP contribution is -2.13. The van der Waals surface area contributed by atoms with Crippen LogP contribution in [-0.4, -0.2) is 18.6 Å². The second-order valence-corrected chi connectivity index (χ2v) is 1.96. The molecule has 1 N–H and O–H groups in total. The molecule has 0 spiro atoms. The normalized spacial score (nSPS) is 12.8. The highest BCUT2D eigenvalue weighted by Gasteiger charge is 2.01. The molecular formula is C6H12NO2. The van der Waals surface area contributed by atoms with Crippen molar-refractivity contribution in [2.75, 3.05) is 6.54 Å². The van der Waals surface area contributed by atoms with Gasteiger partial charge in [0.15, 0.2) is 0 Å². The number of esters is 1. The lowest BCUT2D eigenvalue weighted by atomic mass is 10.3. The topological polar surface area (TPSA) is 50.1 Å². The number of carbonyl (C=O) groups excluding carboxylic acids is 1. The minimum Gasteiger partial charge on any atom is -0.463 e. The molecule has 0 aromatic carbocycles. The van der Waals surface area contributed by atoms with Crippen LogP contribution in [0.1, 0.15) is 20.3 Å². The SMILES string of the molecule is CC(=O)OC(C)CC[NH]. The van der Waals surface area contributed by atoms with Crippen molar-refractivity contribution in [1.82, 2.24) is 5.73 Å². The Morgan fingerprint density at radius 1 is 1.78 bits per heavy atom. The van der Waals surface area contributed by atoms with Gasteiger partial charge in [-0.25, -0.2) is 0 Å². The third-order valence-electron chi connectivity index (χ3n) is 0.918. The van der Waals surface area contributed by atoms with Crippen molar-refractivity contribution >= 4 is 5.97 Å². The average molecular weight is 130 g/mol. The molecule has 1 atom stereocenters. The molecule has 0 rings (SSSR count). The quantitative estimate of drug-likeness (QED) is 0.525. The van der Waals surface area contributed by atoms with E-state index in [1.165, 1.54) is 6.92 Å². The maximum atomic E-state index is 10.2. The van der Waals surface area contributed by atoms with Crippen molar-refractivity contribution in [3.63, 3.8) is 0 Å². The van der Waals surface area contributed by atoms with Gasteiger partial charge in [-0.15, -0.1) is 0 Å². The van der Waals surface area contributed by atoms with Crippen LogP contribution in [0.5, 0.6) is 0 Å². The molecule has 3 nitrogen and oxygen atoms in total. The molecule has 0 aromatic rings. The molecule has 0 aromatic heterocycles. The van der Waals surface area contributed by atoms with Crippen LogP contribution >= 0.6 is 0 Å². The first-order chi connectivity index (χ1) is 4.16. The van der Waals surface area contributed by atoms with E-state index in [2.05, 4.69) is 0 Å². The zero-order valence-electron chi connectivity index (χ0n) is 5.81. The Kier molecular flexibility index (Phi) is 4.05. The summed E-state index contributed by atoms with van der Waals surface area (Å²) < 4.78 is 4.73. The Bertz CT molecular complexity index is 93.1. The monoisotopic (exact) mass is 130 g/mol. The van der Waals surface area contributed by atoms with E-state index < -0.39 is 0 Å². The lowest BCUT2D eigenvalue weighted by Gasteiger charge is -2.08. The van der Waals surface area contributed by atoms with Crippen LogP contribution in [0.25, 0.3) is 0 Å². The first-order valence-electron chi connectivity index (χ1n) is 2.98. The van der Waals surface area contributed by atoms with Crippen molar-refractivity contribution in [3.8, 4) is 0 Å². The van der Waals surface area contributed by atoms with E-state index in [1.807, 2.05) is 0 Å². The minimum atomic E-state index is -0.268. The van der Waals surface area contributed by atoms with Gasteiger partial charge in [-0.05, 0) is 13.3 Å². The summed E-state index contributed by atoms with van der Waals surface area (Å²) in [6, 6.07) is 0. The molecule has 0 aliphatic rings. The second kappa shape index (κ2) is 4.32. The van der Waals surface area contributed by atoms with Gasteiger partial charge < -0.3 is 4.74 Å². The van der Waals surface area contributed by atoms with Crippen LogP contribution in [0, 0.1) is 0 Å². The molecule has 0 saturated carbocycles. The van der Waals surface area contributed by atoms with Gasteiger partial charge in [0.25, 0.3) is 0 Å². The summed E-state index contributed by atoms with van der Waals surface area (Å²) in [7, 11) is 0. The molecule has 0 bridgehead atoms. The fraction of sp³-hybridized carbons (Fsp3) is 0.833. The van der Waals surface area contributed by atoms with Crippen molar-refractivity contribution in [2.24, 2.45) is 0 Å². The minimum absolute atomic E-state index is 0.0972. The summed E-state index contributed by atoms with van der Waals surface area (Å²) >= 11 is 0. The molecule has 0 aliphatic heterocycles.